The number of rotatable bonds is 5. The van der Waals surface area contributed by atoms with E-state index >= 15 is 0 Å². The molecule has 0 atom stereocenters. The normalized spacial score (nSPS) is 16.8. The minimum absolute atomic E-state index is 0. The van der Waals surface area contributed by atoms with Crippen LogP contribution in [0.5, 0.6) is 5.75 Å². The number of guanidine groups is 1. The van der Waals surface area contributed by atoms with Gasteiger partial charge in [-0.05, 0) is 44.4 Å². The maximum atomic E-state index is 5.40. The number of benzene rings is 1. The summed E-state index contributed by atoms with van der Waals surface area (Å²) in [7, 11) is 3.55. The van der Waals surface area contributed by atoms with Crippen LogP contribution in [0, 0.1) is 0 Å². The Labute approximate surface area is 157 Å². The molecule has 0 radical (unpaired) electrons. The fourth-order valence-corrected chi connectivity index (χ4v) is 3.29. The predicted molar refractivity (Wildman–Crippen MR) is 108 cm³/mol. The van der Waals surface area contributed by atoms with Gasteiger partial charge in [-0.25, -0.2) is 0 Å². The Morgan fingerprint density at radius 3 is 2.57 bits per heavy atom. The second-order valence-electron chi connectivity index (χ2n) is 6.44. The highest BCUT2D eigenvalue weighted by molar-refractivity contribution is 14.0. The molecule has 2 N–H and O–H groups in total. The molecule has 4 nitrogen and oxygen atoms in total. The van der Waals surface area contributed by atoms with Crippen LogP contribution in [0.3, 0.4) is 0 Å². The molecular weight excluding hydrogens is 401 g/mol. The predicted octanol–water partition coefficient (Wildman–Crippen LogP) is 3.70. The molecule has 1 fully saturated rings. The van der Waals surface area contributed by atoms with Crippen molar-refractivity contribution in [3.63, 3.8) is 0 Å². The van der Waals surface area contributed by atoms with Crippen LogP contribution in [0.15, 0.2) is 29.3 Å². The number of nitrogens with one attached hydrogen (secondary N) is 2. The number of methoxy groups -OCH3 is 1. The first-order valence-corrected chi connectivity index (χ1v) is 8.21. The third-order valence-electron chi connectivity index (χ3n) is 4.49. The van der Waals surface area contributed by atoms with Crippen molar-refractivity contribution in [3.05, 3.63) is 29.8 Å². The molecule has 0 bridgehead atoms. The molecule has 1 saturated carbocycles. The summed E-state index contributed by atoms with van der Waals surface area (Å²) in [4.78, 5) is 4.32. The summed E-state index contributed by atoms with van der Waals surface area (Å²) in [5, 5.41) is 6.88. The number of nitrogens with zero attached hydrogens (tertiary/aromatic N) is 1. The van der Waals surface area contributed by atoms with Crippen LogP contribution in [-0.2, 0) is 5.41 Å². The van der Waals surface area contributed by atoms with Crippen LogP contribution >= 0.6 is 24.0 Å². The molecule has 2 rings (SSSR count). The second-order valence-corrected chi connectivity index (χ2v) is 6.44. The summed E-state index contributed by atoms with van der Waals surface area (Å²) in [5.74, 6) is 1.82. The van der Waals surface area contributed by atoms with Crippen molar-refractivity contribution < 1.29 is 4.74 Å². The van der Waals surface area contributed by atoms with Gasteiger partial charge in [-0.15, -0.1) is 24.0 Å². The summed E-state index contributed by atoms with van der Waals surface area (Å²) in [5.41, 5.74) is 1.56. The van der Waals surface area contributed by atoms with Crippen LogP contribution in [0.25, 0.3) is 0 Å². The topological polar surface area (TPSA) is 45.7 Å². The Kier molecular flexibility index (Phi) is 8.16. The van der Waals surface area contributed by atoms with Gasteiger partial charge in [0.2, 0.25) is 0 Å². The molecule has 0 spiro atoms. The van der Waals surface area contributed by atoms with E-state index in [1.54, 1.807) is 7.11 Å². The van der Waals surface area contributed by atoms with E-state index in [2.05, 4.69) is 47.7 Å². The summed E-state index contributed by atoms with van der Waals surface area (Å²) in [6, 6.07) is 8.90. The number of ether oxygens (including phenoxy) is 1. The Morgan fingerprint density at radius 2 is 2.00 bits per heavy atom. The molecule has 5 heteroatoms. The van der Waals surface area contributed by atoms with E-state index in [-0.39, 0.29) is 29.4 Å². The first-order valence-electron chi connectivity index (χ1n) is 8.21. The van der Waals surface area contributed by atoms with E-state index in [9.17, 15) is 0 Å². The lowest BCUT2D eigenvalue weighted by Crippen LogP contribution is -2.46. The van der Waals surface area contributed by atoms with E-state index in [0.29, 0.717) is 6.04 Å². The molecule has 1 aromatic rings. The lowest BCUT2D eigenvalue weighted by atomic mass is 9.78. The molecule has 1 aliphatic carbocycles. The Morgan fingerprint density at radius 1 is 1.30 bits per heavy atom. The monoisotopic (exact) mass is 431 g/mol. The van der Waals surface area contributed by atoms with Gasteiger partial charge in [-0.3, -0.25) is 4.99 Å². The minimum atomic E-state index is 0. The average Bonchev–Trinajstić information content (AvgIpc) is 3.01. The zero-order valence-corrected chi connectivity index (χ0v) is 17.0. The van der Waals surface area contributed by atoms with Gasteiger partial charge in [0.15, 0.2) is 5.96 Å². The van der Waals surface area contributed by atoms with Crippen LogP contribution in [0.4, 0.5) is 0 Å². The van der Waals surface area contributed by atoms with E-state index in [0.717, 1.165) is 18.3 Å². The van der Waals surface area contributed by atoms with E-state index < -0.39 is 0 Å². The molecule has 0 heterocycles. The van der Waals surface area contributed by atoms with Crippen LogP contribution in [-0.4, -0.2) is 32.7 Å². The average molecular weight is 431 g/mol. The molecule has 0 saturated heterocycles. The van der Waals surface area contributed by atoms with Crippen molar-refractivity contribution in [2.45, 2.75) is 51.0 Å². The van der Waals surface area contributed by atoms with Crippen molar-refractivity contribution in [1.82, 2.24) is 10.6 Å². The van der Waals surface area contributed by atoms with E-state index in [1.807, 2.05) is 13.1 Å². The maximum absolute atomic E-state index is 5.40. The zero-order chi connectivity index (χ0) is 16.0. The first kappa shape index (κ1) is 20.1. The lowest BCUT2D eigenvalue weighted by molar-refractivity contribution is 0.404. The standard InChI is InChI=1S/C18H29N3O.HI/c1-14(2)21-17(19-3)20-13-18(10-5-6-11-18)15-8-7-9-16(12-15)22-4;/h7-9,12,14H,5-6,10-11,13H2,1-4H3,(H2,19,20,21);1H. The highest BCUT2D eigenvalue weighted by Crippen LogP contribution is 2.41. The van der Waals surface area contributed by atoms with Gasteiger partial charge < -0.3 is 15.4 Å². The van der Waals surface area contributed by atoms with Gasteiger partial charge in [0, 0.05) is 25.0 Å². The first-order chi connectivity index (χ1) is 10.6. The van der Waals surface area contributed by atoms with Gasteiger partial charge in [0.1, 0.15) is 5.75 Å². The summed E-state index contributed by atoms with van der Waals surface area (Å²) >= 11 is 0. The highest BCUT2D eigenvalue weighted by atomic mass is 127. The smallest absolute Gasteiger partial charge is 0.191 e. The molecular formula is C18H30IN3O. The molecule has 23 heavy (non-hydrogen) atoms. The van der Waals surface area contributed by atoms with Gasteiger partial charge >= 0.3 is 0 Å². The molecule has 0 aromatic heterocycles. The Balaban J connectivity index is 0.00000264. The SMILES string of the molecule is CN=C(NCC1(c2cccc(OC)c2)CCCC1)NC(C)C.I. The van der Waals surface area contributed by atoms with Crippen molar-refractivity contribution in [1.29, 1.82) is 0 Å². The molecule has 0 aliphatic heterocycles. The molecule has 130 valence electrons. The fraction of sp³-hybridized carbons (Fsp3) is 0.611. The fourth-order valence-electron chi connectivity index (χ4n) is 3.29. The summed E-state index contributed by atoms with van der Waals surface area (Å²) in [6.45, 7) is 5.16. The molecule has 0 amide bonds. The van der Waals surface area contributed by atoms with Gasteiger partial charge in [-0.1, -0.05) is 25.0 Å². The minimum Gasteiger partial charge on any atom is -0.497 e. The highest BCUT2D eigenvalue weighted by Gasteiger charge is 2.36. The number of hydrogen-bond donors (Lipinski definition) is 2. The zero-order valence-electron chi connectivity index (χ0n) is 14.7. The Bertz CT molecular complexity index is 511. The van der Waals surface area contributed by atoms with Gasteiger partial charge in [0.05, 0.1) is 7.11 Å². The molecule has 1 aromatic carbocycles. The van der Waals surface area contributed by atoms with Crippen molar-refractivity contribution in [2.75, 3.05) is 20.7 Å². The Hall–Kier alpha value is -0.980. The number of aliphatic imine (C=N–C) groups is 1. The second kappa shape index (κ2) is 9.35. The van der Waals surface area contributed by atoms with E-state index in [1.165, 1.54) is 31.2 Å². The summed E-state index contributed by atoms with van der Waals surface area (Å²) in [6.07, 6.45) is 5.00. The van der Waals surface area contributed by atoms with Gasteiger partial charge in [-0.2, -0.15) is 0 Å². The number of hydrogen-bond acceptors (Lipinski definition) is 2. The lowest BCUT2D eigenvalue weighted by Gasteiger charge is -2.31. The van der Waals surface area contributed by atoms with Crippen LogP contribution in [0.1, 0.15) is 45.1 Å². The van der Waals surface area contributed by atoms with Crippen LogP contribution < -0.4 is 15.4 Å². The third kappa shape index (κ3) is 5.26. The number of halogens is 1. The molecule has 1 aliphatic rings. The van der Waals surface area contributed by atoms with Crippen molar-refractivity contribution >= 4 is 29.9 Å². The maximum Gasteiger partial charge on any atom is 0.191 e. The van der Waals surface area contributed by atoms with Crippen molar-refractivity contribution in [2.24, 2.45) is 4.99 Å². The quantitative estimate of drug-likeness (QED) is 0.425. The van der Waals surface area contributed by atoms with Crippen LogP contribution in [0.2, 0.25) is 0 Å². The molecule has 0 unspecified atom stereocenters. The largest absolute Gasteiger partial charge is 0.497 e. The van der Waals surface area contributed by atoms with E-state index in [4.69, 9.17) is 4.74 Å². The van der Waals surface area contributed by atoms with Crippen molar-refractivity contribution in [3.8, 4) is 5.75 Å². The third-order valence-corrected chi connectivity index (χ3v) is 4.49. The summed E-state index contributed by atoms with van der Waals surface area (Å²) < 4.78 is 5.40. The van der Waals surface area contributed by atoms with Gasteiger partial charge in [0.25, 0.3) is 0 Å².